The molecule has 32 heavy (non-hydrogen) atoms. The summed E-state index contributed by atoms with van der Waals surface area (Å²) in [5.41, 5.74) is 0.613. The van der Waals surface area contributed by atoms with E-state index in [2.05, 4.69) is 22.2 Å². The van der Waals surface area contributed by atoms with E-state index in [0.29, 0.717) is 28.1 Å². The van der Waals surface area contributed by atoms with Crippen LogP contribution in [0.15, 0.2) is 48.5 Å². The van der Waals surface area contributed by atoms with Crippen LogP contribution in [-0.2, 0) is 6.61 Å². The number of hydrogen-bond acceptors (Lipinski definition) is 5. The van der Waals surface area contributed by atoms with Gasteiger partial charge in [0.05, 0.1) is 4.88 Å². The Balaban J connectivity index is 1.36. The van der Waals surface area contributed by atoms with Gasteiger partial charge < -0.3 is 19.9 Å². The zero-order valence-corrected chi connectivity index (χ0v) is 19.3. The third-order valence-corrected chi connectivity index (χ3v) is 7.07. The summed E-state index contributed by atoms with van der Waals surface area (Å²) in [5.74, 6) is 0.215. The Kier molecular flexibility index (Phi) is 7.73. The first-order valence-corrected chi connectivity index (χ1v) is 12.0. The maximum absolute atomic E-state index is 14.6. The van der Waals surface area contributed by atoms with Crippen LogP contribution in [0.2, 0.25) is 0 Å². The SMILES string of the molecule is CN1CCN(CCCCNC(=O)c2sc3cccc(F)c3c2COc2ccccc2)CC1. The first kappa shape index (κ1) is 22.7. The van der Waals surface area contributed by atoms with Gasteiger partial charge >= 0.3 is 0 Å². The van der Waals surface area contributed by atoms with Crippen LogP contribution in [0.3, 0.4) is 0 Å². The molecule has 1 fully saturated rings. The first-order chi connectivity index (χ1) is 15.6. The molecule has 1 aromatic heterocycles. The molecule has 0 spiro atoms. The van der Waals surface area contributed by atoms with Crippen LogP contribution in [0.5, 0.6) is 5.75 Å². The second-order valence-corrected chi connectivity index (χ2v) is 9.28. The summed E-state index contributed by atoms with van der Waals surface area (Å²) < 4.78 is 21.2. The number of nitrogens with zero attached hydrogens (tertiary/aromatic N) is 2. The van der Waals surface area contributed by atoms with Crippen LogP contribution < -0.4 is 10.1 Å². The largest absolute Gasteiger partial charge is 0.489 e. The van der Waals surface area contributed by atoms with Gasteiger partial charge in [-0.05, 0) is 50.7 Å². The number of para-hydroxylation sites is 1. The van der Waals surface area contributed by atoms with Crippen LogP contribution in [0.1, 0.15) is 28.1 Å². The summed E-state index contributed by atoms with van der Waals surface area (Å²) in [6, 6.07) is 14.3. The summed E-state index contributed by atoms with van der Waals surface area (Å²) >= 11 is 1.32. The molecule has 1 aliphatic rings. The molecule has 5 nitrogen and oxygen atoms in total. The summed E-state index contributed by atoms with van der Waals surface area (Å²) in [5, 5.41) is 3.51. The standard InChI is InChI=1S/C25H30FN3O2S/c1-28-14-16-29(17-15-28)13-6-5-12-27-25(30)24-20(18-31-19-8-3-2-4-9-19)23-21(26)10-7-11-22(23)32-24/h2-4,7-11H,5-6,12-18H2,1H3,(H,27,30). The number of nitrogens with one attached hydrogen (secondary N) is 1. The predicted octanol–water partition coefficient (Wildman–Crippen LogP) is 4.38. The van der Waals surface area contributed by atoms with Crippen molar-refractivity contribution in [1.29, 1.82) is 0 Å². The van der Waals surface area contributed by atoms with Gasteiger partial charge in [-0.15, -0.1) is 11.3 Å². The minimum absolute atomic E-state index is 0.150. The van der Waals surface area contributed by atoms with E-state index in [1.807, 2.05) is 36.4 Å². The fourth-order valence-electron chi connectivity index (χ4n) is 3.97. The topological polar surface area (TPSA) is 44.8 Å². The van der Waals surface area contributed by atoms with E-state index in [4.69, 9.17) is 4.74 Å². The number of amides is 1. The van der Waals surface area contributed by atoms with Crippen molar-refractivity contribution in [2.24, 2.45) is 0 Å². The van der Waals surface area contributed by atoms with E-state index in [9.17, 15) is 9.18 Å². The van der Waals surface area contributed by atoms with Gasteiger partial charge in [-0.2, -0.15) is 0 Å². The average molecular weight is 456 g/mol. The molecule has 0 saturated carbocycles. The second-order valence-electron chi connectivity index (χ2n) is 8.23. The van der Waals surface area contributed by atoms with Gasteiger partial charge in [0.2, 0.25) is 0 Å². The number of thiophene rings is 1. The minimum Gasteiger partial charge on any atom is -0.489 e. The van der Waals surface area contributed by atoms with Crippen molar-refractivity contribution >= 4 is 27.3 Å². The number of fused-ring (bicyclic) bond motifs is 1. The number of carbonyl (C=O) groups is 1. The molecule has 4 rings (SSSR count). The van der Waals surface area contributed by atoms with Crippen LogP contribution in [-0.4, -0.2) is 62.0 Å². The van der Waals surface area contributed by atoms with Crippen LogP contribution in [0.25, 0.3) is 10.1 Å². The number of unbranched alkanes of at least 4 members (excludes halogenated alkanes) is 1. The van der Waals surface area contributed by atoms with Crippen LogP contribution in [0.4, 0.5) is 4.39 Å². The highest BCUT2D eigenvalue weighted by Crippen LogP contribution is 2.34. The Morgan fingerprint density at radius 2 is 1.84 bits per heavy atom. The van der Waals surface area contributed by atoms with Crippen molar-refractivity contribution in [1.82, 2.24) is 15.1 Å². The molecule has 0 radical (unpaired) electrons. The fraction of sp³-hybridized carbons (Fsp3) is 0.400. The Hall–Kier alpha value is -2.48. The number of carbonyl (C=O) groups excluding carboxylic acids is 1. The molecule has 0 bridgehead atoms. The molecule has 1 N–H and O–H groups in total. The molecule has 1 amide bonds. The van der Waals surface area contributed by atoms with E-state index < -0.39 is 0 Å². The van der Waals surface area contributed by atoms with Crippen molar-refractivity contribution in [3.63, 3.8) is 0 Å². The molecule has 7 heteroatoms. The highest BCUT2D eigenvalue weighted by molar-refractivity contribution is 7.21. The van der Waals surface area contributed by atoms with Gasteiger partial charge in [0.25, 0.3) is 5.91 Å². The quantitative estimate of drug-likeness (QED) is 0.487. The number of hydrogen-bond donors (Lipinski definition) is 1. The highest BCUT2D eigenvalue weighted by Gasteiger charge is 2.21. The van der Waals surface area contributed by atoms with Crippen LogP contribution in [0, 0.1) is 5.82 Å². The third-order valence-electron chi connectivity index (χ3n) is 5.88. The number of rotatable bonds is 9. The number of benzene rings is 2. The number of halogens is 1. The molecule has 3 aromatic rings. The summed E-state index contributed by atoms with van der Waals surface area (Å²) in [4.78, 5) is 18.3. The molecule has 1 aliphatic heterocycles. The summed E-state index contributed by atoms with van der Waals surface area (Å²) in [7, 11) is 2.16. The van der Waals surface area contributed by atoms with E-state index >= 15 is 0 Å². The fourth-order valence-corrected chi connectivity index (χ4v) is 5.11. The highest BCUT2D eigenvalue weighted by atomic mass is 32.1. The van der Waals surface area contributed by atoms with Gasteiger partial charge in [0, 0.05) is 48.4 Å². The number of ether oxygens (including phenoxy) is 1. The maximum Gasteiger partial charge on any atom is 0.261 e. The average Bonchev–Trinajstić information content (AvgIpc) is 3.19. The summed E-state index contributed by atoms with van der Waals surface area (Å²) in [6.45, 7) is 6.29. The van der Waals surface area contributed by atoms with E-state index in [1.54, 1.807) is 6.07 Å². The van der Waals surface area contributed by atoms with Crippen molar-refractivity contribution < 1.29 is 13.9 Å². The van der Waals surface area contributed by atoms with Crippen molar-refractivity contribution in [2.45, 2.75) is 19.4 Å². The van der Waals surface area contributed by atoms with Gasteiger partial charge in [0.1, 0.15) is 18.2 Å². The molecular weight excluding hydrogens is 425 g/mol. The van der Waals surface area contributed by atoms with E-state index in [0.717, 1.165) is 50.3 Å². The first-order valence-electron chi connectivity index (χ1n) is 11.2. The minimum atomic E-state index is -0.323. The molecule has 0 atom stereocenters. The maximum atomic E-state index is 14.6. The Bertz CT molecular complexity index is 1030. The molecule has 170 valence electrons. The molecule has 2 heterocycles. The third kappa shape index (κ3) is 5.65. The number of piperazine rings is 1. The smallest absolute Gasteiger partial charge is 0.261 e. The van der Waals surface area contributed by atoms with Gasteiger partial charge in [-0.25, -0.2) is 4.39 Å². The van der Waals surface area contributed by atoms with Gasteiger partial charge in [-0.1, -0.05) is 24.3 Å². The lowest BCUT2D eigenvalue weighted by Gasteiger charge is -2.32. The molecule has 1 saturated heterocycles. The van der Waals surface area contributed by atoms with E-state index in [1.165, 1.54) is 17.4 Å². The lowest BCUT2D eigenvalue weighted by atomic mass is 10.1. The van der Waals surface area contributed by atoms with Crippen molar-refractivity contribution in [3.05, 3.63) is 64.8 Å². The molecular formula is C25H30FN3O2S. The van der Waals surface area contributed by atoms with Crippen molar-refractivity contribution in [2.75, 3.05) is 46.3 Å². The van der Waals surface area contributed by atoms with Crippen molar-refractivity contribution in [3.8, 4) is 5.75 Å². The summed E-state index contributed by atoms with van der Waals surface area (Å²) in [6.07, 6.45) is 1.97. The molecule has 0 unspecified atom stereocenters. The Labute approximate surface area is 192 Å². The van der Waals surface area contributed by atoms with Gasteiger partial charge in [-0.3, -0.25) is 4.79 Å². The zero-order chi connectivity index (χ0) is 22.3. The number of likely N-dealkylation sites (N-methyl/N-ethyl adjacent to an activating group) is 1. The van der Waals surface area contributed by atoms with Crippen LogP contribution >= 0.6 is 11.3 Å². The Morgan fingerprint density at radius 3 is 2.62 bits per heavy atom. The molecule has 2 aromatic carbocycles. The normalized spacial score (nSPS) is 15.2. The van der Waals surface area contributed by atoms with E-state index in [-0.39, 0.29) is 18.3 Å². The lowest BCUT2D eigenvalue weighted by Crippen LogP contribution is -2.44. The zero-order valence-electron chi connectivity index (χ0n) is 18.5. The van der Waals surface area contributed by atoms with Gasteiger partial charge in [0.15, 0.2) is 0 Å². The lowest BCUT2D eigenvalue weighted by molar-refractivity contribution is 0.0953. The Morgan fingerprint density at radius 1 is 1.06 bits per heavy atom. The molecule has 0 aliphatic carbocycles. The predicted molar refractivity (Wildman–Crippen MR) is 128 cm³/mol. The monoisotopic (exact) mass is 455 g/mol. The second kappa shape index (κ2) is 10.9.